The van der Waals surface area contributed by atoms with Gasteiger partial charge in [-0.25, -0.2) is 0 Å². The molecule has 0 saturated carbocycles. The van der Waals surface area contributed by atoms with Crippen molar-refractivity contribution in [2.24, 2.45) is 0 Å². The van der Waals surface area contributed by atoms with Crippen molar-refractivity contribution in [1.29, 1.82) is 0 Å². The second kappa shape index (κ2) is 5.27. The quantitative estimate of drug-likeness (QED) is 0.893. The summed E-state index contributed by atoms with van der Waals surface area (Å²) in [5.74, 6) is -1.17. The fourth-order valence-corrected chi connectivity index (χ4v) is 2.89. The molecule has 0 aliphatic heterocycles. The van der Waals surface area contributed by atoms with Crippen molar-refractivity contribution in [2.75, 3.05) is 0 Å². The van der Waals surface area contributed by atoms with E-state index in [1.54, 1.807) is 0 Å². The number of halogens is 1. The molecule has 1 heterocycles. The van der Waals surface area contributed by atoms with Crippen molar-refractivity contribution >= 4 is 39.1 Å². The first kappa shape index (κ1) is 12.2. The lowest BCUT2D eigenvalue weighted by Gasteiger charge is -2.14. The molecule has 0 spiro atoms. The number of aliphatic carboxylic acids is 1. The molecule has 15 heavy (non-hydrogen) atoms. The lowest BCUT2D eigenvalue weighted by molar-refractivity contribution is -0.137. The van der Waals surface area contributed by atoms with Crippen LogP contribution in [0.1, 0.15) is 24.3 Å². The SMILES string of the molecule is CC(=O)NC(CC(=O)O)c1sccc1Br. The van der Waals surface area contributed by atoms with Crippen LogP contribution < -0.4 is 5.32 Å². The molecule has 2 N–H and O–H groups in total. The highest BCUT2D eigenvalue weighted by Gasteiger charge is 2.19. The molecule has 4 nitrogen and oxygen atoms in total. The molecule has 82 valence electrons. The average molecular weight is 292 g/mol. The Hall–Kier alpha value is -0.880. The molecule has 0 saturated heterocycles. The minimum absolute atomic E-state index is 0.112. The zero-order chi connectivity index (χ0) is 11.4. The highest BCUT2D eigenvalue weighted by atomic mass is 79.9. The Kier molecular flexibility index (Phi) is 4.28. The van der Waals surface area contributed by atoms with E-state index in [2.05, 4.69) is 21.2 Å². The summed E-state index contributed by atoms with van der Waals surface area (Å²) in [5.41, 5.74) is 0. The molecule has 1 amide bonds. The van der Waals surface area contributed by atoms with E-state index in [-0.39, 0.29) is 12.3 Å². The van der Waals surface area contributed by atoms with Crippen LogP contribution in [-0.2, 0) is 9.59 Å². The third-order valence-electron chi connectivity index (χ3n) is 1.72. The number of carbonyl (C=O) groups excluding carboxylic acids is 1. The third kappa shape index (κ3) is 3.64. The van der Waals surface area contributed by atoms with Crippen LogP contribution in [0.4, 0.5) is 0 Å². The highest BCUT2D eigenvalue weighted by Crippen LogP contribution is 2.30. The number of carboxylic acids is 1. The molecule has 1 atom stereocenters. The first-order valence-corrected chi connectivity index (χ1v) is 5.89. The lowest BCUT2D eigenvalue weighted by Crippen LogP contribution is -2.27. The van der Waals surface area contributed by atoms with E-state index in [1.165, 1.54) is 18.3 Å². The van der Waals surface area contributed by atoms with E-state index in [0.29, 0.717) is 0 Å². The number of nitrogens with one attached hydrogen (secondary N) is 1. The average Bonchev–Trinajstić information content (AvgIpc) is 2.48. The number of amides is 1. The maximum Gasteiger partial charge on any atom is 0.305 e. The van der Waals surface area contributed by atoms with Gasteiger partial charge in [0.1, 0.15) is 0 Å². The van der Waals surface area contributed by atoms with Crippen molar-refractivity contribution in [3.8, 4) is 0 Å². The predicted molar refractivity (Wildman–Crippen MR) is 60.8 cm³/mol. The Morgan fingerprint density at radius 1 is 1.67 bits per heavy atom. The molecule has 0 fully saturated rings. The van der Waals surface area contributed by atoms with Crippen LogP contribution in [0.25, 0.3) is 0 Å². The Morgan fingerprint density at radius 3 is 2.73 bits per heavy atom. The van der Waals surface area contributed by atoms with Gasteiger partial charge in [0.05, 0.1) is 12.5 Å². The van der Waals surface area contributed by atoms with Crippen LogP contribution in [0, 0.1) is 0 Å². The topological polar surface area (TPSA) is 66.4 Å². The normalized spacial score (nSPS) is 12.1. The molecular weight excluding hydrogens is 282 g/mol. The molecule has 0 bridgehead atoms. The van der Waals surface area contributed by atoms with Gasteiger partial charge >= 0.3 is 5.97 Å². The van der Waals surface area contributed by atoms with Crippen LogP contribution in [0.3, 0.4) is 0 Å². The second-order valence-electron chi connectivity index (χ2n) is 2.98. The standard InChI is InChI=1S/C9H10BrNO3S/c1-5(12)11-7(4-8(13)14)9-6(10)2-3-15-9/h2-3,7H,4H2,1H3,(H,11,12)(H,13,14). The molecule has 0 aliphatic rings. The van der Waals surface area contributed by atoms with E-state index < -0.39 is 12.0 Å². The third-order valence-corrected chi connectivity index (χ3v) is 3.70. The van der Waals surface area contributed by atoms with E-state index in [9.17, 15) is 9.59 Å². The molecule has 1 aromatic rings. The Morgan fingerprint density at radius 2 is 2.33 bits per heavy atom. The smallest absolute Gasteiger partial charge is 0.305 e. The number of hydrogen-bond acceptors (Lipinski definition) is 3. The Bertz CT molecular complexity index is 361. The number of carboxylic acid groups (broad SMARTS) is 1. The van der Waals surface area contributed by atoms with Gasteiger partial charge in [0.25, 0.3) is 0 Å². The summed E-state index contributed by atoms with van der Waals surface area (Å²) < 4.78 is 0.826. The number of thiophene rings is 1. The van der Waals surface area contributed by atoms with Crippen molar-refractivity contribution in [3.63, 3.8) is 0 Å². The molecule has 1 rings (SSSR count). The summed E-state index contributed by atoms with van der Waals surface area (Å²) in [6, 6.07) is 1.37. The van der Waals surface area contributed by atoms with Gasteiger partial charge in [-0.15, -0.1) is 11.3 Å². The Labute approximate surface area is 99.4 Å². The highest BCUT2D eigenvalue weighted by molar-refractivity contribution is 9.10. The zero-order valence-corrected chi connectivity index (χ0v) is 10.4. The first-order valence-electron chi connectivity index (χ1n) is 4.22. The summed E-state index contributed by atoms with van der Waals surface area (Å²) in [7, 11) is 0. The van der Waals surface area contributed by atoms with Crippen LogP contribution in [0.5, 0.6) is 0 Å². The number of rotatable bonds is 4. The summed E-state index contributed by atoms with van der Waals surface area (Å²) in [6.07, 6.45) is -0.112. The van der Waals surface area contributed by atoms with Gasteiger partial charge < -0.3 is 10.4 Å². The van der Waals surface area contributed by atoms with Crippen LogP contribution >= 0.6 is 27.3 Å². The monoisotopic (exact) mass is 291 g/mol. The summed E-state index contributed by atoms with van der Waals surface area (Å²) in [6.45, 7) is 1.37. The maximum absolute atomic E-state index is 10.9. The largest absolute Gasteiger partial charge is 0.481 e. The summed E-state index contributed by atoms with van der Waals surface area (Å²) >= 11 is 4.73. The van der Waals surface area contributed by atoms with E-state index in [1.807, 2.05) is 11.4 Å². The lowest BCUT2D eigenvalue weighted by atomic mass is 10.1. The molecule has 0 aliphatic carbocycles. The van der Waals surface area contributed by atoms with Gasteiger partial charge in [-0.2, -0.15) is 0 Å². The molecule has 1 aromatic heterocycles. The summed E-state index contributed by atoms with van der Waals surface area (Å²) in [5, 5.41) is 13.2. The van der Waals surface area contributed by atoms with Gasteiger partial charge in [-0.1, -0.05) is 0 Å². The molecule has 1 unspecified atom stereocenters. The van der Waals surface area contributed by atoms with Gasteiger partial charge in [-0.3, -0.25) is 9.59 Å². The van der Waals surface area contributed by atoms with Crippen LogP contribution in [0.2, 0.25) is 0 Å². The first-order chi connectivity index (χ1) is 7.00. The fraction of sp³-hybridized carbons (Fsp3) is 0.333. The maximum atomic E-state index is 10.9. The zero-order valence-electron chi connectivity index (χ0n) is 7.99. The minimum atomic E-state index is -0.936. The Balaban J connectivity index is 2.85. The van der Waals surface area contributed by atoms with E-state index in [0.717, 1.165) is 9.35 Å². The summed E-state index contributed by atoms with van der Waals surface area (Å²) in [4.78, 5) is 22.4. The van der Waals surface area contributed by atoms with Gasteiger partial charge in [-0.05, 0) is 27.4 Å². The van der Waals surface area contributed by atoms with Crippen molar-refractivity contribution in [2.45, 2.75) is 19.4 Å². The van der Waals surface area contributed by atoms with Gasteiger partial charge in [0, 0.05) is 16.3 Å². The van der Waals surface area contributed by atoms with Gasteiger partial charge in [0.2, 0.25) is 5.91 Å². The number of hydrogen-bond donors (Lipinski definition) is 2. The van der Waals surface area contributed by atoms with Crippen molar-refractivity contribution < 1.29 is 14.7 Å². The van der Waals surface area contributed by atoms with Crippen LogP contribution in [0.15, 0.2) is 15.9 Å². The number of carbonyl (C=O) groups is 2. The predicted octanol–water partition coefficient (Wildman–Crippen LogP) is 2.16. The fourth-order valence-electron chi connectivity index (χ4n) is 1.18. The van der Waals surface area contributed by atoms with Gasteiger partial charge in [0.15, 0.2) is 0 Å². The van der Waals surface area contributed by atoms with Crippen molar-refractivity contribution in [3.05, 3.63) is 20.8 Å². The molecular formula is C9H10BrNO3S. The minimum Gasteiger partial charge on any atom is -0.481 e. The van der Waals surface area contributed by atoms with Crippen molar-refractivity contribution in [1.82, 2.24) is 5.32 Å². The second-order valence-corrected chi connectivity index (χ2v) is 4.79. The molecule has 0 aromatic carbocycles. The van der Waals surface area contributed by atoms with E-state index in [4.69, 9.17) is 5.11 Å². The van der Waals surface area contributed by atoms with E-state index >= 15 is 0 Å². The molecule has 6 heteroatoms. The molecule has 0 radical (unpaired) electrons. The van der Waals surface area contributed by atoms with Crippen LogP contribution in [-0.4, -0.2) is 17.0 Å².